The molecule has 0 aliphatic rings. The first-order valence-corrected chi connectivity index (χ1v) is 6.33. The third kappa shape index (κ3) is 5.77. The Balaban J connectivity index is 2.15. The van der Waals surface area contributed by atoms with Gasteiger partial charge >= 0.3 is 5.97 Å². The SMILES string of the molecule is NCCCCCCC(=O)OCc1ccccc1F. The zero-order valence-electron chi connectivity index (χ0n) is 10.5. The number of unbranched alkanes of at least 4 members (excludes halogenated alkanes) is 3. The molecule has 2 N–H and O–H groups in total. The Morgan fingerprint density at radius 2 is 1.89 bits per heavy atom. The number of carbonyl (C=O) groups is 1. The standard InChI is InChI=1S/C14H20FNO2/c15-13-8-5-4-7-12(13)11-18-14(17)9-3-1-2-6-10-16/h4-5,7-8H,1-3,6,9-11,16H2. The molecule has 0 aliphatic carbocycles. The zero-order chi connectivity index (χ0) is 13.2. The lowest BCUT2D eigenvalue weighted by Gasteiger charge is -2.05. The minimum atomic E-state index is -0.340. The van der Waals surface area contributed by atoms with Crippen LogP contribution in [0.3, 0.4) is 0 Å². The van der Waals surface area contributed by atoms with Gasteiger partial charge in [0, 0.05) is 12.0 Å². The monoisotopic (exact) mass is 253 g/mol. The van der Waals surface area contributed by atoms with Crippen molar-refractivity contribution in [2.75, 3.05) is 6.54 Å². The maximum absolute atomic E-state index is 13.2. The van der Waals surface area contributed by atoms with Crippen LogP contribution in [0.4, 0.5) is 4.39 Å². The van der Waals surface area contributed by atoms with Crippen LogP contribution < -0.4 is 5.73 Å². The van der Waals surface area contributed by atoms with Gasteiger partial charge in [-0.25, -0.2) is 4.39 Å². The van der Waals surface area contributed by atoms with Gasteiger partial charge in [0.05, 0.1) is 0 Å². The van der Waals surface area contributed by atoms with E-state index in [1.807, 2.05) is 0 Å². The predicted molar refractivity (Wildman–Crippen MR) is 68.3 cm³/mol. The number of benzene rings is 1. The summed E-state index contributed by atoms with van der Waals surface area (Å²) >= 11 is 0. The van der Waals surface area contributed by atoms with Gasteiger partial charge in [0.15, 0.2) is 0 Å². The summed E-state index contributed by atoms with van der Waals surface area (Å²) in [5.74, 6) is -0.612. The number of esters is 1. The summed E-state index contributed by atoms with van der Waals surface area (Å²) in [6, 6.07) is 6.30. The lowest BCUT2D eigenvalue weighted by molar-refractivity contribution is -0.145. The van der Waals surface area contributed by atoms with Gasteiger partial charge in [-0.2, -0.15) is 0 Å². The quantitative estimate of drug-likeness (QED) is 0.572. The van der Waals surface area contributed by atoms with E-state index in [1.54, 1.807) is 18.2 Å². The van der Waals surface area contributed by atoms with Crippen LogP contribution in [0.1, 0.15) is 37.7 Å². The minimum absolute atomic E-state index is 0.00824. The molecular weight excluding hydrogens is 233 g/mol. The topological polar surface area (TPSA) is 52.3 Å². The van der Waals surface area contributed by atoms with Crippen molar-refractivity contribution in [3.63, 3.8) is 0 Å². The van der Waals surface area contributed by atoms with E-state index in [9.17, 15) is 9.18 Å². The molecule has 0 atom stereocenters. The van der Waals surface area contributed by atoms with Gasteiger partial charge in [-0.3, -0.25) is 4.79 Å². The van der Waals surface area contributed by atoms with E-state index < -0.39 is 0 Å². The molecule has 3 nitrogen and oxygen atoms in total. The second-order valence-corrected chi connectivity index (χ2v) is 4.20. The van der Waals surface area contributed by atoms with Gasteiger partial charge in [-0.1, -0.05) is 31.0 Å². The van der Waals surface area contributed by atoms with Gasteiger partial charge < -0.3 is 10.5 Å². The summed E-state index contributed by atoms with van der Waals surface area (Å²) in [5.41, 5.74) is 5.78. The maximum atomic E-state index is 13.2. The second-order valence-electron chi connectivity index (χ2n) is 4.20. The summed E-state index contributed by atoms with van der Waals surface area (Å²) in [7, 11) is 0. The molecule has 4 heteroatoms. The number of rotatable bonds is 8. The summed E-state index contributed by atoms with van der Waals surface area (Å²) in [5, 5.41) is 0. The summed E-state index contributed by atoms with van der Waals surface area (Å²) in [6.45, 7) is 0.700. The van der Waals surface area contributed by atoms with Crippen molar-refractivity contribution in [1.82, 2.24) is 0 Å². The average molecular weight is 253 g/mol. The molecule has 0 saturated carbocycles. The largest absolute Gasteiger partial charge is 0.461 e. The highest BCUT2D eigenvalue weighted by molar-refractivity contribution is 5.69. The molecule has 100 valence electrons. The van der Waals surface area contributed by atoms with Gasteiger partial charge in [0.25, 0.3) is 0 Å². The predicted octanol–water partition coefficient (Wildman–Crippen LogP) is 2.78. The van der Waals surface area contributed by atoms with Gasteiger partial charge in [-0.05, 0) is 25.5 Å². The van der Waals surface area contributed by atoms with Crippen molar-refractivity contribution >= 4 is 5.97 Å². The zero-order valence-corrected chi connectivity index (χ0v) is 10.5. The van der Waals surface area contributed by atoms with Crippen LogP contribution in [0.15, 0.2) is 24.3 Å². The number of nitrogens with two attached hydrogens (primary N) is 1. The molecule has 1 aromatic rings. The molecular formula is C14H20FNO2. The molecule has 0 heterocycles. The molecule has 0 amide bonds. The number of hydrogen-bond acceptors (Lipinski definition) is 3. The highest BCUT2D eigenvalue weighted by atomic mass is 19.1. The number of carbonyl (C=O) groups excluding carboxylic acids is 1. The molecule has 0 radical (unpaired) electrons. The first-order chi connectivity index (χ1) is 8.74. The third-order valence-electron chi connectivity index (χ3n) is 2.68. The Bertz CT molecular complexity index is 369. The van der Waals surface area contributed by atoms with Crippen LogP contribution in [-0.2, 0) is 16.1 Å². The van der Waals surface area contributed by atoms with Gasteiger partial charge in [0.2, 0.25) is 0 Å². The van der Waals surface area contributed by atoms with E-state index in [-0.39, 0.29) is 18.4 Å². The van der Waals surface area contributed by atoms with E-state index in [0.29, 0.717) is 18.5 Å². The van der Waals surface area contributed by atoms with Crippen molar-refractivity contribution in [3.05, 3.63) is 35.6 Å². The highest BCUT2D eigenvalue weighted by Gasteiger charge is 2.05. The molecule has 0 aromatic heterocycles. The Morgan fingerprint density at radius 1 is 1.17 bits per heavy atom. The Morgan fingerprint density at radius 3 is 2.61 bits per heavy atom. The number of hydrogen-bond donors (Lipinski definition) is 1. The van der Waals surface area contributed by atoms with Crippen LogP contribution in [-0.4, -0.2) is 12.5 Å². The first kappa shape index (κ1) is 14.6. The summed E-state index contributed by atoms with van der Waals surface area (Å²) < 4.78 is 18.2. The normalized spacial score (nSPS) is 10.3. The number of ether oxygens (including phenoxy) is 1. The molecule has 0 unspecified atom stereocenters. The molecule has 1 rings (SSSR count). The van der Waals surface area contributed by atoms with Crippen molar-refractivity contribution in [2.24, 2.45) is 5.73 Å². The Hall–Kier alpha value is -1.42. The van der Waals surface area contributed by atoms with E-state index in [2.05, 4.69) is 0 Å². The molecule has 0 spiro atoms. The van der Waals surface area contributed by atoms with E-state index in [1.165, 1.54) is 6.07 Å². The van der Waals surface area contributed by atoms with Crippen LogP contribution in [0.25, 0.3) is 0 Å². The second kappa shape index (κ2) is 8.64. The van der Waals surface area contributed by atoms with Crippen molar-refractivity contribution in [1.29, 1.82) is 0 Å². The molecule has 0 saturated heterocycles. The van der Waals surface area contributed by atoms with E-state index in [4.69, 9.17) is 10.5 Å². The molecule has 0 fully saturated rings. The number of halogens is 1. The van der Waals surface area contributed by atoms with Crippen molar-refractivity contribution in [2.45, 2.75) is 38.7 Å². The fourth-order valence-electron chi connectivity index (χ4n) is 1.61. The molecule has 18 heavy (non-hydrogen) atoms. The maximum Gasteiger partial charge on any atom is 0.306 e. The lowest BCUT2D eigenvalue weighted by Crippen LogP contribution is -2.05. The van der Waals surface area contributed by atoms with Crippen molar-refractivity contribution < 1.29 is 13.9 Å². The Labute approximate surface area is 107 Å². The summed E-state index contributed by atoms with van der Waals surface area (Å²) in [4.78, 5) is 11.4. The minimum Gasteiger partial charge on any atom is -0.461 e. The van der Waals surface area contributed by atoms with Crippen LogP contribution in [0.2, 0.25) is 0 Å². The first-order valence-electron chi connectivity index (χ1n) is 6.33. The van der Waals surface area contributed by atoms with Crippen molar-refractivity contribution in [3.8, 4) is 0 Å². The van der Waals surface area contributed by atoms with Gasteiger partial charge in [0.1, 0.15) is 12.4 Å². The Kier molecular flexibility index (Phi) is 7.03. The van der Waals surface area contributed by atoms with Gasteiger partial charge in [-0.15, -0.1) is 0 Å². The fraction of sp³-hybridized carbons (Fsp3) is 0.500. The molecule has 1 aromatic carbocycles. The highest BCUT2D eigenvalue weighted by Crippen LogP contribution is 2.09. The third-order valence-corrected chi connectivity index (χ3v) is 2.68. The van der Waals surface area contributed by atoms with Crippen LogP contribution >= 0.6 is 0 Å². The fourth-order valence-corrected chi connectivity index (χ4v) is 1.61. The smallest absolute Gasteiger partial charge is 0.306 e. The average Bonchev–Trinajstić information content (AvgIpc) is 2.37. The molecule has 0 bridgehead atoms. The lowest BCUT2D eigenvalue weighted by atomic mass is 10.1. The van der Waals surface area contributed by atoms with E-state index >= 15 is 0 Å². The van der Waals surface area contributed by atoms with Crippen LogP contribution in [0, 0.1) is 5.82 Å². The summed E-state index contributed by atoms with van der Waals surface area (Å²) in [6.07, 6.45) is 4.20. The molecule has 0 aliphatic heterocycles. The van der Waals surface area contributed by atoms with E-state index in [0.717, 1.165) is 25.7 Å². The van der Waals surface area contributed by atoms with Crippen LogP contribution in [0.5, 0.6) is 0 Å².